The van der Waals surface area contributed by atoms with Gasteiger partial charge >= 0.3 is 0 Å². The topological polar surface area (TPSA) is 28.2 Å². The van der Waals surface area contributed by atoms with Crippen LogP contribution in [-0.2, 0) is 6.54 Å². The lowest BCUT2D eigenvalue weighted by Crippen LogP contribution is -2.28. The van der Waals surface area contributed by atoms with Crippen LogP contribution in [0.2, 0.25) is 0 Å². The summed E-state index contributed by atoms with van der Waals surface area (Å²) in [5, 5.41) is 3.53. The van der Waals surface area contributed by atoms with Crippen molar-refractivity contribution in [3.63, 3.8) is 0 Å². The molecule has 1 aromatic heterocycles. The van der Waals surface area contributed by atoms with Crippen LogP contribution in [0.5, 0.6) is 0 Å². The molecule has 0 aliphatic rings. The first-order valence-electron chi connectivity index (χ1n) is 7.99. The van der Waals surface area contributed by atoms with E-state index in [9.17, 15) is 0 Å². The first-order valence-corrected chi connectivity index (χ1v) is 7.99. The molecule has 3 heteroatoms. The number of hydrogen-bond acceptors (Lipinski definition) is 3. The van der Waals surface area contributed by atoms with E-state index in [-0.39, 0.29) is 0 Å². The number of rotatable bonds is 9. The summed E-state index contributed by atoms with van der Waals surface area (Å²) in [5.41, 5.74) is 3.78. The van der Waals surface area contributed by atoms with Crippen LogP contribution in [0.3, 0.4) is 0 Å². The molecule has 0 aromatic carbocycles. The SMILES string of the molecule is CCCN(CCC)c1cc(C)ncc1CNCC(C)C. The summed E-state index contributed by atoms with van der Waals surface area (Å²) in [5.74, 6) is 0.680. The third kappa shape index (κ3) is 5.49. The van der Waals surface area contributed by atoms with Gasteiger partial charge in [-0.05, 0) is 38.3 Å². The average molecular weight is 277 g/mol. The molecule has 0 aliphatic carbocycles. The minimum absolute atomic E-state index is 0.680. The van der Waals surface area contributed by atoms with Crippen molar-refractivity contribution in [2.45, 2.75) is 54.0 Å². The van der Waals surface area contributed by atoms with Crippen molar-refractivity contribution in [1.29, 1.82) is 0 Å². The van der Waals surface area contributed by atoms with Gasteiger partial charge in [-0.15, -0.1) is 0 Å². The van der Waals surface area contributed by atoms with Crippen molar-refractivity contribution in [1.82, 2.24) is 10.3 Å². The van der Waals surface area contributed by atoms with E-state index < -0.39 is 0 Å². The van der Waals surface area contributed by atoms with E-state index in [1.54, 1.807) is 0 Å². The van der Waals surface area contributed by atoms with Gasteiger partial charge in [-0.2, -0.15) is 0 Å². The molecule has 1 heterocycles. The third-order valence-electron chi connectivity index (χ3n) is 3.29. The van der Waals surface area contributed by atoms with E-state index in [0.717, 1.165) is 31.9 Å². The summed E-state index contributed by atoms with van der Waals surface area (Å²) >= 11 is 0. The fourth-order valence-corrected chi connectivity index (χ4v) is 2.39. The molecule has 114 valence electrons. The summed E-state index contributed by atoms with van der Waals surface area (Å²) < 4.78 is 0. The zero-order valence-electron chi connectivity index (χ0n) is 13.9. The fraction of sp³-hybridized carbons (Fsp3) is 0.706. The summed E-state index contributed by atoms with van der Waals surface area (Å²) in [6, 6.07) is 2.23. The summed E-state index contributed by atoms with van der Waals surface area (Å²) in [6.45, 7) is 15.2. The largest absolute Gasteiger partial charge is 0.371 e. The maximum atomic E-state index is 4.47. The molecular formula is C17H31N3. The molecule has 0 fully saturated rings. The van der Waals surface area contributed by atoms with Crippen molar-refractivity contribution in [3.8, 4) is 0 Å². The van der Waals surface area contributed by atoms with Crippen molar-refractivity contribution in [2.75, 3.05) is 24.5 Å². The minimum atomic E-state index is 0.680. The van der Waals surface area contributed by atoms with E-state index in [4.69, 9.17) is 0 Å². The normalized spacial score (nSPS) is 11.1. The Morgan fingerprint density at radius 1 is 1.20 bits per heavy atom. The predicted molar refractivity (Wildman–Crippen MR) is 88.3 cm³/mol. The molecule has 0 radical (unpaired) electrons. The maximum absolute atomic E-state index is 4.47. The zero-order chi connectivity index (χ0) is 15.0. The molecule has 0 saturated carbocycles. The minimum Gasteiger partial charge on any atom is -0.371 e. The van der Waals surface area contributed by atoms with Crippen LogP contribution in [0.4, 0.5) is 5.69 Å². The van der Waals surface area contributed by atoms with Gasteiger partial charge in [0.15, 0.2) is 0 Å². The van der Waals surface area contributed by atoms with E-state index in [1.807, 2.05) is 6.20 Å². The standard InChI is InChI=1S/C17H31N3/c1-6-8-20(9-7-2)17-10-15(5)19-13-16(17)12-18-11-14(3)4/h10,13-14,18H,6-9,11-12H2,1-5H3. The first kappa shape index (κ1) is 17.0. The summed E-state index contributed by atoms with van der Waals surface area (Å²) in [6.07, 6.45) is 4.40. The summed E-state index contributed by atoms with van der Waals surface area (Å²) in [4.78, 5) is 6.97. The highest BCUT2D eigenvalue weighted by atomic mass is 15.1. The molecule has 1 N–H and O–H groups in total. The van der Waals surface area contributed by atoms with E-state index in [0.29, 0.717) is 5.92 Å². The predicted octanol–water partition coefficient (Wildman–Crippen LogP) is 3.76. The number of nitrogens with zero attached hydrogens (tertiary/aromatic N) is 2. The van der Waals surface area contributed by atoms with Crippen LogP contribution in [0.25, 0.3) is 0 Å². The van der Waals surface area contributed by atoms with Gasteiger partial charge in [-0.25, -0.2) is 0 Å². The maximum Gasteiger partial charge on any atom is 0.0445 e. The van der Waals surface area contributed by atoms with Crippen LogP contribution in [0, 0.1) is 12.8 Å². The lowest BCUT2D eigenvalue weighted by atomic mass is 10.1. The first-order chi connectivity index (χ1) is 9.58. The lowest BCUT2D eigenvalue weighted by molar-refractivity contribution is 0.551. The van der Waals surface area contributed by atoms with Gasteiger partial charge in [0.05, 0.1) is 0 Å². The molecule has 1 rings (SSSR count). The van der Waals surface area contributed by atoms with E-state index in [1.165, 1.54) is 24.1 Å². The highest BCUT2D eigenvalue weighted by Gasteiger charge is 2.11. The quantitative estimate of drug-likeness (QED) is 0.745. The molecule has 0 spiro atoms. The molecule has 0 unspecified atom stereocenters. The van der Waals surface area contributed by atoms with Gasteiger partial charge < -0.3 is 10.2 Å². The van der Waals surface area contributed by atoms with Crippen molar-refractivity contribution < 1.29 is 0 Å². The van der Waals surface area contributed by atoms with Crippen molar-refractivity contribution in [2.24, 2.45) is 5.92 Å². The van der Waals surface area contributed by atoms with Gasteiger partial charge in [-0.1, -0.05) is 27.7 Å². The summed E-state index contributed by atoms with van der Waals surface area (Å²) in [7, 11) is 0. The Hall–Kier alpha value is -1.09. The Kier molecular flexibility index (Phi) is 7.60. The van der Waals surface area contributed by atoms with Crippen LogP contribution in [0.1, 0.15) is 51.8 Å². The second-order valence-electron chi connectivity index (χ2n) is 5.97. The molecule has 0 amide bonds. The van der Waals surface area contributed by atoms with Gasteiger partial charge in [-0.3, -0.25) is 4.98 Å². The second kappa shape index (κ2) is 8.96. The molecule has 3 nitrogen and oxygen atoms in total. The van der Waals surface area contributed by atoms with Crippen molar-refractivity contribution in [3.05, 3.63) is 23.5 Å². The molecule has 0 atom stereocenters. The monoisotopic (exact) mass is 277 g/mol. The van der Waals surface area contributed by atoms with Crippen LogP contribution in [-0.4, -0.2) is 24.6 Å². The zero-order valence-corrected chi connectivity index (χ0v) is 13.9. The smallest absolute Gasteiger partial charge is 0.0445 e. The number of aromatic nitrogens is 1. The Bertz CT molecular complexity index is 382. The molecule has 20 heavy (non-hydrogen) atoms. The number of hydrogen-bond donors (Lipinski definition) is 1. The number of nitrogens with one attached hydrogen (secondary N) is 1. The van der Waals surface area contributed by atoms with E-state index in [2.05, 4.69) is 55.9 Å². The van der Waals surface area contributed by atoms with Crippen molar-refractivity contribution >= 4 is 5.69 Å². The second-order valence-corrected chi connectivity index (χ2v) is 5.97. The van der Waals surface area contributed by atoms with Gasteiger partial charge in [0.25, 0.3) is 0 Å². The van der Waals surface area contributed by atoms with Crippen LogP contribution in [0.15, 0.2) is 12.3 Å². The lowest BCUT2D eigenvalue weighted by Gasteiger charge is -2.27. The Morgan fingerprint density at radius 3 is 2.40 bits per heavy atom. The molecule has 0 saturated heterocycles. The number of aryl methyl sites for hydroxylation is 1. The molecule has 1 aromatic rings. The fourth-order valence-electron chi connectivity index (χ4n) is 2.39. The molecule has 0 aliphatic heterocycles. The molecule has 0 bridgehead atoms. The molecular weight excluding hydrogens is 246 g/mol. The number of anilines is 1. The third-order valence-corrected chi connectivity index (χ3v) is 3.29. The van der Waals surface area contributed by atoms with Gasteiger partial charge in [0, 0.05) is 42.8 Å². The average Bonchev–Trinajstić information content (AvgIpc) is 2.40. The highest BCUT2D eigenvalue weighted by molar-refractivity contribution is 5.53. The van der Waals surface area contributed by atoms with Gasteiger partial charge in [0.2, 0.25) is 0 Å². The Balaban J connectivity index is 2.86. The van der Waals surface area contributed by atoms with Crippen LogP contribution >= 0.6 is 0 Å². The number of pyridine rings is 1. The Morgan fingerprint density at radius 2 is 1.85 bits per heavy atom. The highest BCUT2D eigenvalue weighted by Crippen LogP contribution is 2.21. The van der Waals surface area contributed by atoms with Gasteiger partial charge in [0.1, 0.15) is 0 Å². The van der Waals surface area contributed by atoms with E-state index >= 15 is 0 Å². The van der Waals surface area contributed by atoms with Crippen LogP contribution < -0.4 is 10.2 Å². The Labute approximate surface area is 124 Å².